The summed E-state index contributed by atoms with van der Waals surface area (Å²) in [6.07, 6.45) is 0. The van der Waals surface area contributed by atoms with E-state index >= 15 is 0 Å². The van der Waals surface area contributed by atoms with Crippen LogP contribution in [0.15, 0.2) is 40.9 Å². The molecule has 6 heteroatoms. The first kappa shape index (κ1) is 14.0. The highest BCUT2D eigenvalue weighted by Crippen LogP contribution is 2.20. The Balaban J connectivity index is 2.30. The molecule has 0 unspecified atom stereocenters. The van der Waals surface area contributed by atoms with Gasteiger partial charge in [0.1, 0.15) is 11.9 Å². The minimum Gasteiger partial charge on any atom is -0.399 e. The minimum atomic E-state index is -0.536. The summed E-state index contributed by atoms with van der Waals surface area (Å²) < 4.78 is 13.7. The number of nitrogens with zero attached hydrogens (tertiary/aromatic N) is 1. The van der Waals surface area contributed by atoms with Crippen LogP contribution in [0.1, 0.15) is 15.9 Å². The number of amides is 1. The van der Waals surface area contributed by atoms with E-state index in [9.17, 15) is 9.18 Å². The Bertz CT molecular complexity index is 705. The van der Waals surface area contributed by atoms with Crippen LogP contribution in [-0.4, -0.2) is 5.91 Å². The number of hydrogen-bond acceptors (Lipinski definition) is 3. The van der Waals surface area contributed by atoms with Gasteiger partial charge in [0.2, 0.25) is 0 Å². The molecule has 0 heterocycles. The van der Waals surface area contributed by atoms with E-state index in [-0.39, 0.29) is 11.3 Å². The predicted molar refractivity (Wildman–Crippen MR) is 77.6 cm³/mol. The first-order valence-electron chi connectivity index (χ1n) is 5.56. The zero-order chi connectivity index (χ0) is 14.7. The number of carbonyl (C=O) groups is 1. The second-order valence-electron chi connectivity index (χ2n) is 4.03. The van der Waals surface area contributed by atoms with Crippen LogP contribution >= 0.6 is 15.9 Å². The molecule has 3 N–H and O–H groups in total. The Labute approximate surface area is 123 Å². The van der Waals surface area contributed by atoms with Crippen molar-refractivity contribution < 1.29 is 9.18 Å². The average Bonchev–Trinajstić information content (AvgIpc) is 2.39. The Kier molecular flexibility index (Phi) is 4.01. The summed E-state index contributed by atoms with van der Waals surface area (Å²) in [5.74, 6) is -0.965. The minimum absolute atomic E-state index is 0.0568. The number of benzene rings is 2. The predicted octanol–water partition coefficient (Wildman–Crippen LogP) is 3.29. The van der Waals surface area contributed by atoms with Crippen molar-refractivity contribution >= 4 is 33.2 Å². The van der Waals surface area contributed by atoms with Gasteiger partial charge in [-0.25, -0.2) is 4.39 Å². The van der Waals surface area contributed by atoms with Gasteiger partial charge in [-0.1, -0.05) is 15.9 Å². The Morgan fingerprint density at radius 2 is 2.05 bits per heavy atom. The van der Waals surface area contributed by atoms with Crippen LogP contribution in [0, 0.1) is 17.1 Å². The monoisotopic (exact) mass is 333 g/mol. The van der Waals surface area contributed by atoms with E-state index in [1.165, 1.54) is 18.2 Å². The second-order valence-corrected chi connectivity index (χ2v) is 4.94. The van der Waals surface area contributed by atoms with Gasteiger partial charge in [-0.3, -0.25) is 4.79 Å². The third-order valence-corrected chi connectivity index (χ3v) is 2.99. The van der Waals surface area contributed by atoms with E-state index in [0.717, 1.165) is 6.07 Å². The fourth-order valence-corrected chi connectivity index (χ4v) is 2.17. The lowest BCUT2D eigenvalue weighted by atomic mass is 10.1. The Hall–Kier alpha value is -2.39. The van der Waals surface area contributed by atoms with Crippen LogP contribution in [0.3, 0.4) is 0 Å². The smallest absolute Gasteiger partial charge is 0.255 e. The molecule has 0 fully saturated rings. The van der Waals surface area contributed by atoms with Crippen LogP contribution in [-0.2, 0) is 0 Å². The molecule has 0 spiro atoms. The van der Waals surface area contributed by atoms with E-state index in [0.29, 0.717) is 15.7 Å². The van der Waals surface area contributed by atoms with Gasteiger partial charge < -0.3 is 11.1 Å². The second kappa shape index (κ2) is 5.72. The summed E-state index contributed by atoms with van der Waals surface area (Å²) >= 11 is 3.24. The summed E-state index contributed by atoms with van der Waals surface area (Å²) in [6, 6.07) is 10.2. The van der Waals surface area contributed by atoms with Gasteiger partial charge in [-0.05, 0) is 36.4 Å². The molecule has 0 radical (unpaired) electrons. The molecule has 4 nitrogen and oxygen atoms in total. The summed E-state index contributed by atoms with van der Waals surface area (Å²) in [5, 5.41) is 11.5. The van der Waals surface area contributed by atoms with Crippen LogP contribution in [0.5, 0.6) is 0 Å². The zero-order valence-electron chi connectivity index (χ0n) is 10.2. The van der Waals surface area contributed by atoms with E-state index < -0.39 is 11.7 Å². The first-order chi connectivity index (χ1) is 9.49. The molecule has 2 aromatic carbocycles. The van der Waals surface area contributed by atoms with Gasteiger partial charge in [0.05, 0.1) is 11.3 Å². The molecule has 0 saturated carbocycles. The lowest BCUT2D eigenvalue weighted by Gasteiger charge is -2.08. The van der Waals surface area contributed by atoms with Gasteiger partial charge in [0.25, 0.3) is 5.91 Å². The van der Waals surface area contributed by atoms with Gasteiger partial charge in [0.15, 0.2) is 0 Å². The highest BCUT2D eigenvalue weighted by Gasteiger charge is 2.11. The molecule has 0 aliphatic carbocycles. The van der Waals surface area contributed by atoms with E-state index in [2.05, 4.69) is 21.2 Å². The van der Waals surface area contributed by atoms with Gasteiger partial charge in [-0.15, -0.1) is 0 Å². The Morgan fingerprint density at radius 3 is 2.70 bits per heavy atom. The quantitative estimate of drug-likeness (QED) is 0.827. The number of nitrogen functional groups attached to an aromatic ring is 1. The number of halogens is 2. The fourth-order valence-electron chi connectivity index (χ4n) is 1.66. The highest BCUT2D eigenvalue weighted by atomic mass is 79.9. The van der Waals surface area contributed by atoms with Crippen molar-refractivity contribution in [3.05, 3.63) is 57.8 Å². The molecule has 0 atom stereocenters. The molecule has 1 amide bonds. The maximum atomic E-state index is 13.0. The molecule has 2 rings (SSSR count). The number of nitrogens with one attached hydrogen (secondary N) is 1. The fraction of sp³-hybridized carbons (Fsp3) is 0. The molecule has 20 heavy (non-hydrogen) atoms. The highest BCUT2D eigenvalue weighted by molar-refractivity contribution is 9.10. The topological polar surface area (TPSA) is 78.9 Å². The van der Waals surface area contributed by atoms with Crippen molar-refractivity contribution in [1.82, 2.24) is 0 Å². The zero-order valence-corrected chi connectivity index (χ0v) is 11.7. The van der Waals surface area contributed by atoms with Crippen molar-refractivity contribution in [2.45, 2.75) is 0 Å². The molecule has 0 bridgehead atoms. The van der Waals surface area contributed by atoms with Gasteiger partial charge in [0, 0.05) is 15.7 Å². The SMILES string of the molecule is N#Cc1cc(F)ccc1NC(=O)c1cc(N)cc(Br)c1. The lowest BCUT2D eigenvalue weighted by molar-refractivity contribution is 0.102. The van der Waals surface area contributed by atoms with Crippen LogP contribution in [0.2, 0.25) is 0 Å². The van der Waals surface area contributed by atoms with Crippen molar-refractivity contribution in [3.63, 3.8) is 0 Å². The molecule has 0 aliphatic heterocycles. The number of carbonyl (C=O) groups excluding carboxylic acids is 1. The molecule has 0 aromatic heterocycles. The van der Waals surface area contributed by atoms with Crippen molar-refractivity contribution in [2.24, 2.45) is 0 Å². The molecule has 0 aliphatic rings. The van der Waals surface area contributed by atoms with Crippen LogP contribution < -0.4 is 11.1 Å². The maximum absolute atomic E-state index is 13.0. The number of nitriles is 1. The average molecular weight is 334 g/mol. The molecule has 0 saturated heterocycles. The molecular weight excluding hydrogens is 325 g/mol. The molecule has 2 aromatic rings. The summed E-state index contributed by atoms with van der Waals surface area (Å²) in [4.78, 5) is 12.1. The maximum Gasteiger partial charge on any atom is 0.255 e. The van der Waals surface area contributed by atoms with Crippen LogP contribution in [0.4, 0.5) is 15.8 Å². The first-order valence-corrected chi connectivity index (χ1v) is 6.36. The lowest BCUT2D eigenvalue weighted by Crippen LogP contribution is -2.13. The van der Waals surface area contributed by atoms with Crippen molar-refractivity contribution in [2.75, 3.05) is 11.1 Å². The van der Waals surface area contributed by atoms with E-state index in [1.54, 1.807) is 12.1 Å². The number of anilines is 2. The summed E-state index contributed by atoms with van der Waals surface area (Å²) in [6.45, 7) is 0. The normalized spacial score (nSPS) is 9.85. The van der Waals surface area contributed by atoms with Gasteiger partial charge in [-0.2, -0.15) is 5.26 Å². The standard InChI is InChI=1S/C14H9BrFN3O/c15-10-3-8(5-12(18)6-10)14(20)19-13-2-1-11(16)4-9(13)7-17/h1-6H,18H2,(H,19,20). The van der Waals surface area contributed by atoms with E-state index in [4.69, 9.17) is 11.0 Å². The van der Waals surface area contributed by atoms with E-state index in [1.807, 2.05) is 6.07 Å². The summed E-state index contributed by atoms with van der Waals surface area (Å²) in [7, 11) is 0. The van der Waals surface area contributed by atoms with Crippen molar-refractivity contribution in [3.8, 4) is 6.07 Å². The Morgan fingerprint density at radius 1 is 1.30 bits per heavy atom. The third kappa shape index (κ3) is 3.13. The third-order valence-electron chi connectivity index (χ3n) is 2.53. The van der Waals surface area contributed by atoms with Crippen LogP contribution in [0.25, 0.3) is 0 Å². The number of nitrogens with two attached hydrogens (primary N) is 1. The number of rotatable bonds is 2. The molecule has 100 valence electrons. The molecular formula is C14H9BrFN3O. The summed E-state index contributed by atoms with van der Waals surface area (Å²) in [5.41, 5.74) is 6.73. The van der Waals surface area contributed by atoms with Gasteiger partial charge >= 0.3 is 0 Å². The van der Waals surface area contributed by atoms with Crippen molar-refractivity contribution in [1.29, 1.82) is 5.26 Å². The largest absolute Gasteiger partial charge is 0.399 e. The number of hydrogen-bond donors (Lipinski definition) is 2.